The summed E-state index contributed by atoms with van der Waals surface area (Å²) in [6.45, 7) is 2.03. The first-order valence-electron chi connectivity index (χ1n) is 6.25. The number of nitrogens with one attached hydrogen (secondary N) is 1. The van der Waals surface area contributed by atoms with Crippen molar-refractivity contribution in [3.05, 3.63) is 35.4 Å². The molecular weight excluding hydrogens is 226 g/mol. The number of rotatable bonds is 5. The van der Waals surface area contributed by atoms with Crippen LogP contribution < -0.4 is 5.32 Å². The van der Waals surface area contributed by atoms with E-state index in [-0.39, 0.29) is 0 Å². The van der Waals surface area contributed by atoms with Gasteiger partial charge < -0.3 is 5.32 Å². The van der Waals surface area contributed by atoms with Crippen molar-refractivity contribution in [3.63, 3.8) is 0 Å². The second-order valence-electron chi connectivity index (χ2n) is 4.74. The highest BCUT2D eigenvalue weighted by molar-refractivity contribution is 5.14. The Morgan fingerprint density at radius 2 is 2.17 bits per heavy atom. The lowest BCUT2D eigenvalue weighted by Gasteiger charge is -2.15. The minimum Gasteiger partial charge on any atom is -0.312 e. The summed E-state index contributed by atoms with van der Waals surface area (Å²) in [6.07, 6.45) is 6.06. The molecule has 1 atom stereocenters. The monoisotopic (exact) mass is 247 g/mol. The summed E-state index contributed by atoms with van der Waals surface area (Å²) in [5.41, 5.74) is 3.57. The summed E-state index contributed by atoms with van der Waals surface area (Å²) < 4.78 is 3.80. The van der Waals surface area contributed by atoms with Gasteiger partial charge in [0.2, 0.25) is 0 Å². The molecule has 5 nitrogen and oxygen atoms in total. The van der Waals surface area contributed by atoms with Crippen molar-refractivity contribution in [2.75, 3.05) is 7.05 Å². The van der Waals surface area contributed by atoms with Crippen molar-refractivity contribution < 1.29 is 0 Å². The van der Waals surface area contributed by atoms with Crippen LogP contribution in [0.5, 0.6) is 0 Å². The fourth-order valence-electron chi connectivity index (χ4n) is 2.31. The van der Waals surface area contributed by atoms with Gasteiger partial charge in [0, 0.05) is 26.3 Å². The molecule has 0 saturated heterocycles. The zero-order valence-corrected chi connectivity index (χ0v) is 11.5. The molecule has 0 aromatic carbocycles. The Balaban J connectivity index is 2.03. The van der Waals surface area contributed by atoms with Crippen LogP contribution >= 0.6 is 0 Å². The smallest absolute Gasteiger partial charge is 0.0597 e. The van der Waals surface area contributed by atoms with Crippen LogP contribution in [0.2, 0.25) is 0 Å². The van der Waals surface area contributed by atoms with E-state index >= 15 is 0 Å². The summed E-state index contributed by atoms with van der Waals surface area (Å²) >= 11 is 0. The van der Waals surface area contributed by atoms with Crippen molar-refractivity contribution in [1.29, 1.82) is 0 Å². The molecule has 0 fully saturated rings. The van der Waals surface area contributed by atoms with E-state index < -0.39 is 0 Å². The third-order valence-corrected chi connectivity index (χ3v) is 3.22. The van der Waals surface area contributed by atoms with Gasteiger partial charge in [0.25, 0.3) is 0 Å². The quantitative estimate of drug-likeness (QED) is 0.867. The third-order valence-electron chi connectivity index (χ3n) is 3.22. The van der Waals surface area contributed by atoms with Gasteiger partial charge >= 0.3 is 0 Å². The van der Waals surface area contributed by atoms with Crippen LogP contribution in [-0.2, 0) is 20.5 Å². The molecule has 0 aliphatic rings. The highest BCUT2D eigenvalue weighted by Gasteiger charge is 2.14. The summed E-state index contributed by atoms with van der Waals surface area (Å²) in [6, 6.07) is 2.47. The van der Waals surface area contributed by atoms with Crippen LogP contribution in [0, 0.1) is 6.92 Å². The average Bonchev–Trinajstić information content (AvgIpc) is 2.87. The second kappa shape index (κ2) is 5.35. The first-order chi connectivity index (χ1) is 8.60. The van der Waals surface area contributed by atoms with Crippen molar-refractivity contribution in [3.8, 4) is 0 Å². The topological polar surface area (TPSA) is 47.7 Å². The number of aromatic nitrogens is 4. The minimum atomic E-state index is 0.330. The van der Waals surface area contributed by atoms with Crippen molar-refractivity contribution >= 4 is 0 Å². The molecule has 0 bridgehead atoms. The van der Waals surface area contributed by atoms with Gasteiger partial charge in [-0.1, -0.05) is 0 Å². The average molecular weight is 247 g/mol. The van der Waals surface area contributed by atoms with Crippen LogP contribution in [0.4, 0.5) is 0 Å². The molecule has 1 N–H and O–H groups in total. The Labute approximate surface area is 108 Å². The molecule has 0 aliphatic carbocycles. The van der Waals surface area contributed by atoms with Gasteiger partial charge in [-0.25, -0.2) is 0 Å². The summed E-state index contributed by atoms with van der Waals surface area (Å²) in [5.74, 6) is 0. The molecular formula is C13H21N5. The van der Waals surface area contributed by atoms with Crippen LogP contribution in [-0.4, -0.2) is 26.6 Å². The second-order valence-corrected chi connectivity index (χ2v) is 4.74. The van der Waals surface area contributed by atoms with E-state index in [1.165, 1.54) is 11.3 Å². The normalized spacial score (nSPS) is 12.9. The van der Waals surface area contributed by atoms with E-state index in [1.807, 2.05) is 43.6 Å². The van der Waals surface area contributed by atoms with E-state index in [9.17, 15) is 0 Å². The predicted molar refractivity (Wildman–Crippen MR) is 71.3 cm³/mol. The van der Waals surface area contributed by atoms with Gasteiger partial charge in [-0.3, -0.25) is 9.36 Å². The third kappa shape index (κ3) is 2.79. The molecule has 2 aromatic rings. The molecule has 0 amide bonds. The van der Waals surface area contributed by atoms with Gasteiger partial charge in [0.15, 0.2) is 0 Å². The van der Waals surface area contributed by atoms with Crippen LogP contribution in [0.15, 0.2) is 18.5 Å². The minimum absolute atomic E-state index is 0.330. The molecule has 5 heteroatoms. The van der Waals surface area contributed by atoms with Crippen LogP contribution in [0.3, 0.4) is 0 Å². The number of hydrogen-bond acceptors (Lipinski definition) is 3. The summed E-state index contributed by atoms with van der Waals surface area (Å²) in [4.78, 5) is 0. The molecule has 0 saturated carbocycles. The Hall–Kier alpha value is -1.62. The zero-order chi connectivity index (χ0) is 13.1. The van der Waals surface area contributed by atoms with Gasteiger partial charge in [0.1, 0.15) is 0 Å². The lowest BCUT2D eigenvalue weighted by atomic mass is 10.0. The number of hydrogen-bond donors (Lipinski definition) is 1. The summed E-state index contributed by atoms with van der Waals surface area (Å²) in [7, 11) is 5.94. The van der Waals surface area contributed by atoms with Gasteiger partial charge in [-0.2, -0.15) is 10.2 Å². The Kier molecular flexibility index (Phi) is 3.81. The highest BCUT2D eigenvalue weighted by Crippen LogP contribution is 2.19. The fraction of sp³-hybridized carbons (Fsp3) is 0.538. The maximum Gasteiger partial charge on any atom is 0.0597 e. The standard InChI is InChI=1S/C13H21N5/c1-10-7-13(18(4)16-10)12(14-2)6-5-11-8-15-17(3)9-11/h7-9,12,14H,5-6H2,1-4H3. The predicted octanol–water partition coefficient (Wildman–Crippen LogP) is 1.36. The van der Waals surface area contributed by atoms with E-state index in [4.69, 9.17) is 0 Å². The SMILES string of the molecule is CNC(CCc1cnn(C)c1)c1cc(C)nn1C. The molecule has 2 heterocycles. The first kappa shape index (κ1) is 12.8. The van der Waals surface area contributed by atoms with Crippen molar-refractivity contribution in [2.45, 2.75) is 25.8 Å². The molecule has 2 rings (SSSR count). The molecule has 0 radical (unpaired) electrons. The highest BCUT2D eigenvalue weighted by atomic mass is 15.3. The maximum absolute atomic E-state index is 4.40. The van der Waals surface area contributed by atoms with Crippen LogP contribution in [0.1, 0.15) is 29.4 Å². The Bertz CT molecular complexity index is 511. The van der Waals surface area contributed by atoms with Crippen LogP contribution in [0.25, 0.3) is 0 Å². The lowest BCUT2D eigenvalue weighted by molar-refractivity contribution is 0.506. The molecule has 0 aliphatic heterocycles. The summed E-state index contributed by atoms with van der Waals surface area (Å²) in [5, 5.41) is 12.0. The molecule has 1 unspecified atom stereocenters. The molecule has 0 spiro atoms. The Morgan fingerprint density at radius 1 is 1.39 bits per heavy atom. The van der Waals surface area contributed by atoms with E-state index in [0.717, 1.165) is 18.5 Å². The fourth-order valence-corrected chi connectivity index (χ4v) is 2.31. The molecule has 2 aromatic heterocycles. The largest absolute Gasteiger partial charge is 0.312 e. The van der Waals surface area contributed by atoms with E-state index in [1.54, 1.807) is 0 Å². The number of aryl methyl sites for hydroxylation is 4. The van der Waals surface area contributed by atoms with E-state index in [0.29, 0.717) is 6.04 Å². The molecule has 18 heavy (non-hydrogen) atoms. The number of nitrogens with zero attached hydrogens (tertiary/aromatic N) is 4. The van der Waals surface area contributed by atoms with Crippen molar-refractivity contribution in [2.24, 2.45) is 14.1 Å². The van der Waals surface area contributed by atoms with Gasteiger partial charge in [-0.15, -0.1) is 0 Å². The maximum atomic E-state index is 4.40. The van der Waals surface area contributed by atoms with E-state index in [2.05, 4.69) is 27.8 Å². The first-order valence-corrected chi connectivity index (χ1v) is 6.25. The van der Waals surface area contributed by atoms with Gasteiger partial charge in [-0.05, 0) is 38.4 Å². The lowest BCUT2D eigenvalue weighted by Crippen LogP contribution is -2.20. The molecule has 98 valence electrons. The Morgan fingerprint density at radius 3 is 2.67 bits per heavy atom. The zero-order valence-electron chi connectivity index (χ0n) is 11.5. The van der Waals surface area contributed by atoms with Gasteiger partial charge in [0.05, 0.1) is 17.6 Å². The van der Waals surface area contributed by atoms with Crippen molar-refractivity contribution in [1.82, 2.24) is 24.9 Å².